The number of hydrogen-bond donors (Lipinski definition) is 4. The van der Waals surface area contributed by atoms with Crippen molar-refractivity contribution in [3.8, 4) is 0 Å². The van der Waals surface area contributed by atoms with Gasteiger partial charge in [-0.05, 0) is 5.56 Å². The van der Waals surface area contributed by atoms with Crippen molar-refractivity contribution >= 4 is 5.97 Å². The fourth-order valence-corrected chi connectivity index (χ4v) is 0.996. The molecule has 1 aromatic carbocycles. The van der Waals surface area contributed by atoms with Gasteiger partial charge in [-0.1, -0.05) is 30.3 Å². The van der Waals surface area contributed by atoms with Crippen LogP contribution in [0.1, 0.15) is 5.56 Å². The van der Waals surface area contributed by atoms with Crippen molar-refractivity contribution in [3.05, 3.63) is 35.9 Å². The van der Waals surface area contributed by atoms with Gasteiger partial charge in [-0.25, -0.2) is 4.79 Å². The van der Waals surface area contributed by atoms with Crippen LogP contribution >= 0.6 is 0 Å². The highest BCUT2D eigenvalue weighted by molar-refractivity contribution is 5.79. The third-order valence-electron chi connectivity index (χ3n) is 1.83. The average Bonchev–Trinajstić information content (AvgIpc) is 2.17. The Balaban J connectivity index is 0.00000169. The van der Waals surface area contributed by atoms with Crippen molar-refractivity contribution < 1.29 is 20.1 Å². The molecule has 5 nitrogen and oxygen atoms in total. The van der Waals surface area contributed by atoms with Crippen molar-refractivity contribution in [2.24, 2.45) is 0 Å². The summed E-state index contributed by atoms with van der Waals surface area (Å²) in [5, 5.41) is 27.0. The number of hydrogen-bond acceptors (Lipinski definition) is 4. The van der Waals surface area contributed by atoms with Crippen LogP contribution in [0.5, 0.6) is 0 Å². The van der Waals surface area contributed by atoms with E-state index in [9.17, 15) is 9.90 Å². The van der Waals surface area contributed by atoms with Gasteiger partial charge >= 0.3 is 5.97 Å². The Kier molecular flexibility index (Phi) is 4.23. The summed E-state index contributed by atoms with van der Waals surface area (Å²) >= 11 is 0. The number of carboxylic acid groups (broad SMARTS) is 1. The van der Waals surface area contributed by atoms with E-state index in [2.05, 4.69) is 0 Å². The molecule has 0 aliphatic heterocycles. The Labute approximate surface area is 81.2 Å². The number of carboxylic acids is 1. The Hall–Kier alpha value is -1.43. The second-order valence-corrected chi connectivity index (χ2v) is 2.69. The number of benzene rings is 1. The Morgan fingerprint density at radius 3 is 2.14 bits per heavy atom. The van der Waals surface area contributed by atoms with Crippen LogP contribution < -0.4 is 6.15 Å². The van der Waals surface area contributed by atoms with E-state index >= 15 is 0 Å². The zero-order valence-electron chi connectivity index (χ0n) is 7.55. The molecule has 0 bridgehead atoms. The topological polar surface area (TPSA) is 113 Å². The highest BCUT2D eigenvalue weighted by Crippen LogP contribution is 2.20. The van der Waals surface area contributed by atoms with Gasteiger partial charge in [0, 0.05) is 0 Å². The summed E-state index contributed by atoms with van der Waals surface area (Å²) in [6.07, 6.45) is 0. The fraction of sp³-hybridized carbons (Fsp3) is 0.222. The number of rotatable bonds is 3. The average molecular weight is 199 g/mol. The summed E-state index contributed by atoms with van der Waals surface area (Å²) < 4.78 is 0. The van der Waals surface area contributed by atoms with Gasteiger partial charge in [-0.3, -0.25) is 0 Å². The van der Waals surface area contributed by atoms with E-state index in [-0.39, 0.29) is 11.7 Å². The van der Waals surface area contributed by atoms with Crippen LogP contribution in [0.15, 0.2) is 30.3 Å². The zero-order chi connectivity index (χ0) is 9.90. The molecule has 6 N–H and O–H groups in total. The molecule has 1 rings (SSSR count). The van der Waals surface area contributed by atoms with E-state index in [4.69, 9.17) is 10.2 Å². The molecule has 78 valence electrons. The molecule has 0 spiro atoms. The largest absolute Gasteiger partial charge is 0.479 e. The van der Waals surface area contributed by atoms with Crippen LogP contribution in [-0.2, 0) is 10.4 Å². The third kappa shape index (κ3) is 2.08. The monoisotopic (exact) mass is 199 g/mol. The minimum Gasteiger partial charge on any atom is -0.479 e. The number of carbonyl (C=O) groups is 1. The summed E-state index contributed by atoms with van der Waals surface area (Å²) in [4.78, 5) is 10.6. The molecule has 0 saturated heterocycles. The molecular weight excluding hydrogens is 186 g/mol. The molecule has 0 fully saturated rings. The molecule has 1 atom stereocenters. The van der Waals surface area contributed by atoms with Crippen molar-refractivity contribution in [2.75, 3.05) is 6.61 Å². The SMILES string of the molecule is N.O=C(O)C(O)(CO)c1ccccc1. The van der Waals surface area contributed by atoms with Crippen molar-refractivity contribution in [3.63, 3.8) is 0 Å². The molecule has 0 radical (unpaired) electrons. The predicted molar refractivity (Wildman–Crippen MR) is 50.1 cm³/mol. The van der Waals surface area contributed by atoms with E-state index in [0.29, 0.717) is 0 Å². The fourth-order valence-electron chi connectivity index (χ4n) is 0.996. The Morgan fingerprint density at radius 1 is 1.29 bits per heavy atom. The lowest BCUT2D eigenvalue weighted by molar-refractivity contribution is -0.164. The highest BCUT2D eigenvalue weighted by atomic mass is 16.4. The van der Waals surface area contributed by atoms with E-state index in [1.165, 1.54) is 12.1 Å². The smallest absolute Gasteiger partial charge is 0.342 e. The van der Waals surface area contributed by atoms with Gasteiger partial charge in [0.1, 0.15) is 0 Å². The summed E-state index contributed by atoms with van der Waals surface area (Å²) in [5.74, 6) is -1.46. The predicted octanol–water partition coefficient (Wildman–Crippen LogP) is 0.113. The first-order valence-corrected chi connectivity index (χ1v) is 3.73. The highest BCUT2D eigenvalue weighted by Gasteiger charge is 2.37. The number of aliphatic hydroxyl groups is 2. The second kappa shape index (κ2) is 4.71. The molecule has 0 heterocycles. The Morgan fingerprint density at radius 2 is 1.79 bits per heavy atom. The van der Waals surface area contributed by atoms with E-state index in [1.54, 1.807) is 18.2 Å². The normalized spacial score (nSPS) is 13.9. The minimum absolute atomic E-state index is 0. The summed E-state index contributed by atoms with van der Waals surface area (Å²) in [7, 11) is 0. The standard InChI is InChI=1S/C9H10O4.H3N/c10-6-9(13,8(11)12)7-4-2-1-3-5-7;/h1-5,10,13H,6H2,(H,11,12);1H3. The van der Waals surface area contributed by atoms with Crippen LogP contribution in [0.2, 0.25) is 0 Å². The molecule has 5 heteroatoms. The van der Waals surface area contributed by atoms with Gasteiger partial charge < -0.3 is 21.5 Å². The van der Waals surface area contributed by atoms with Crippen molar-refractivity contribution in [2.45, 2.75) is 5.60 Å². The molecule has 1 unspecified atom stereocenters. The van der Waals surface area contributed by atoms with Crippen LogP contribution in [0.3, 0.4) is 0 Å². The minimum atomic E-state index is -2.19. The third-order valence-corrected chi connectivity index (χ3v) is 1.83. The van der Waals surface area contributed by atoms with Crippen LogP contribution in [-0.4, -0.2) is 27.9 Å². The number of aliphatic carboxylic acids is 1. The summed E-state index contributed by atoms with van der Waals surface area (Å²) in [5.41, 5.74) is -2.02. The molecule has 0 aromatic heterocycles. The first kappa shape index (κ1) is 12.6. The van der Waals surface area contributed by atoms with Gasteiger partial charge in [0.2, 0.25) is 5.60 Å². The van der Waals surface area contributed by atoms with E-state index < -0.39 is 18.2 Å². The maximum Gasteiger partial charge on any atom is 0.342 e. The molecule has 0 aliphatic rings. The molecule has 0 saturated carbocycles. The summed E-state index contributed by atoms with van der Waals surface area (Å²) in [6, 6.07) is 7.79. The molecule has 14 heavy (non-hydrogen) atoms. The summed E-state index contributed by atoms with van der Waals surface area (Å²) in [6.45, 7) is -0.841. The van der Waals surface area contributed by atoms with E-state index in [1.807, 2.05) is 0 Å². The lowest BCUT2D eigenvalue weighted by Gasteiger charge is -2.20. The van der Waals surface area contributed by atoms with Crippen molar-refractivity contribution in [1.82, 2.24) is 6.15 Å². The molecular formula is C9H13NO4. The molecule has 0 amide bonds. The maximum atomic E-state index is 10.6. The van der Waals surface area contributed by atoms with Crippen LogP contribution in [0.4, 0.5) is 0 Å². The lowest BCUT2D eigenvalue weighted by atomic mass is 9.95. The van der Waals surface area contributed by atoms with Gasteiger partial charge in [0.05, 0.1) is 6.61 Å². The number of aliphatic hydroxyl groups excluding tert-OH is 1. The lowest BCUT2D eigenvalue weighted by Crippen LogP contribution is -2.39. The second-order valence-electron chi connectivity index (χ2n) is 2.69. The maximum absolute atomic E-state index is 10.6. The van der Waals surface area contributed by atoms with Gasteiger partial charge in [0.25, 0.3) is 0 Å². The van der Waals surface area contributed by atoms with Gasteiger partial charge in [-0.2, -0.15) is 0 Å². The van der Waals surface area contributed by atoms with E-state index in [0.717, 1.165) is 0 Å². The first-order chi connectivity index (χ1) is 6.11. The quantitative estimate of drug-likeness (QED) is 0.552. The first-order valence-electron chi connectivity index (χ1n) is 3.73. The molecule has 0 aliphatic carbocycles. The van der Waals surface area contributed by atoms with Gasteiger partial charge in [-0.15, -0.1) is 0 Å². The Bertz CT molecular complexity index is 301. The zero-order valence-corrected chi connectivity index (χ0v) is 7.55. The van der Waals surface area contributed by atoms with Crippen LogP contribution in [0.25, 0.3) is 0 Å². The molecule has 1 aromatic rings. The van der Waals surface area contributed by atoms with Crippen molar-refractivity contribution in [1.29, 1.82) is 0 Å². The van der Waals surface area contributed by atoms with Gasteiger partial charge in [0.15, 0.2) is 0 Å². The van der Waals surface area contributed by atoms with Crippen LogP contribution in [0, 0.1) is 0 Å².